The minimum Gasteiger partial charge on any atom is -0.390 e. The van der Waals surface area contributed by atoms with Crippen molar-refractivity contribution < 1.29 is 9.84 Å². The highest BCUT2D eigenvalue weighted by Gasteiger charge is 2.34. The van der Waals surface area contributed by atoms with Gasteiger partial charge in [0.15, 0.2) is 0 Å². The van der Waals surface area contributed by atoms with E-state index in [2.05, 4.69) is 15.0 Å². The van der Waals surface area contributed by atoms with Crippen LogP contribution in [-0.4, -0.2) is 33.4 Å². The minimum absolute atomic E-state index is 0.00868. The van der Waals surface area contributed by atoms with Gasteiger partial charge in [0.25, 0.3) is 5.56 Å². The molecule has 0 amide bonds. The zero-order chi connectivity index (χ0) is 14.0. The average Bonchev–Trinajstić information content (AvgIpc) is 2.72. The number of hydrogen-bond acceptors (Lipinski definition) is 5. The second-order valence-electron chi connectivity index (χ2n) is 4.32. The minimum atomic E-state index is -0.824. The number of aliphatic hydroxyl groups is 1. The lowest BCUT2D eigenvalue weighted by molar-refractivity contribution is -0.0151. The summed E-state index contributed by atoms with van der Waals surface area (Å²) in [6.07, 6.45) is -0.586. The standard InChI is InChI=1S/C10H13N5O4/c1-5-4-15(10(18)13-9(5)17)8-2-6(16)7(19-8)3-12-14-11/h4,6-8,16H,2-3H2,1H3,(H,13,17,18)/t6-,7-,8+/m1/s1. The van der Waals surface area contributed by atoms with E-state index in [0.29, 0.717) is 5.56 Å². The Morgan fingerprint density at radius 2 is 2.42 bits per heavy atom. The molecule has 9 nitrogen and oxygen atoms in total. The van der Waals surface area contributed by atoms with Crippen LogP contribution < -0.4 is 11.2 Å². The Kier molecular flexibility index (Phi) is 3.70. The predicted octanol–water partition coefficient (Wildman–Crippen LogP) is -0.196. The molecule has 2 N–H and O–H groups in total. The van der Waals surface area contributed by atoms with Gasteiger partial charge in [-0.05, 0) is 12.5 Å². The van der Waals surface area contributed by atoms with E-state index in [9.17, 15) is 14.7 Å². The summed E-state index contributed by atoms with van der Waals surface area (Å²) in [4.78, 5) is 27.7. The molecule has 0 bridgehead atoms. The Bertz CT molecular complexity index is 630. The SMILES string of the molecule is Cc1cn([C@@H]2C[C@@H](O)[C@@H](CN=[N+]=[N-])O2)c(=O)[nH]c1=O. The molecule has 0 aliphatic carbocycles. The summed E-state index contributed by atoms with van der Waals surface area (Å²) in [6, 6.07) is 0. The first-order chi connectivity index (χ1) is 9.02. The van der Waals surface area contributed by atoms with Gasteiger partial charge in [0.05, 0.1) is 18.8 Å². The molecule has 2 heterocycles. The van der Waals surface area contributed by atoms with Gasteiger partial charge in [0.1, 0.15) is 6.23 Å². The van der Waals surface area contributed by atoms with Crippen LogP contribution >= 0.6 is 0 Å². The van der Waals surface area contributed by atoms with Gasteiger partial charge in [-0.15, -0.1) is 0 Å². The number of nitrogens with zero attached hydrogens (tertiary/aromatic N) is 4. The zero-order valence-corrected chi connectivity index (χ0v) is 10.2. The molecule has 1 aromatic heterocycles. The quantitative estimate of drug-likeness (QED) is 0.445. The number of azide groups is 1. The molecule has 2 rings (SSSR count). The maximum atomic E-state index is 11.7. The van der Waals surface area contributed by atoms with Gasteiger partial charge in [0.2, 0.25) is 0 Å². The number of aromatic amines is 1. The summed E-state index contributed by atoms with van der Waals surface area (Å²) in [6.45, 7) is 1.56. The Balaban J connectivity index is 2.25. The fraction of sp³-hybridized carbons (Fsp3) is 0.600. The van der Waals surface area contributed by atoms with Crippen molar-refractivity contribution >= 4 is 0 Å². The van der Waals surface area contributed by atoms with E-state index in [0.717, 1.165) is 0 Å². The molecule has 0 saturated carbocycles. The van der Waals surface area contributed by atoms with E-state index >= 15 is 0 Å². The van der Waals surface area contributed by atoms with Crippen LogP contribution in [0.3, 0.4) is 0 Å². The number of ether oxygens (including phenoxy) is 1. The molecule has 9 heteroatoms. The van der Waals surface area contributed by atoms with Crippen LogP contribution in [0.15, 0.2) is 20.9 Å². The van der Waals surface area contributed by atoms with E-state index in [1.54, 1.807) is 6.92 Å². The normalized spacial score (nSPS) is 26.1. The Hall–Kier alpha value is -2.09. The third-order valence-corrected chi connectivity index (χ3v) is 2.99. The smallest absolute Gasteiger partial charge is 0.330 e. The van der Waals surface area contributed by atoms with Crippen molar-refractivity contribution in [3.63, 3.8) is 0 Å². The molecule has 0 radical (unpaired) electrons. The van der Waals surface area contributed by atoms with Crippen molar-refractivity contribution in [1.82, 2.24) is 9.55 Å². The Labute approximate surface area is 107 Å². The van der Waals surface area contributed by atoms with Crippen LogP contribution in [0.5, 0.6) is 0 Å². The second-order valence-corrected chi connectivity index (χ2v) is 4.32. The fourth-order valence-corrected chi connectivity index (χ4v) is 1.97. The summed E-state index contributed by atoms with van der Waals surface area (Å²) in [5.41, 5.74) is 7.55. The highest BCUT2D eigenvalue weighted by Crippen LogP contribution is 2.27. The summed E-state index contributed by atoms with van der Waals surface area (Å²) >= 11 is 0. The van der Waals surface area contributed by atoms with Crippen LogP contribution in [0, 0.1) is 6.92 Å². The van der Waals surface area contributed by atoms with E-state index in [4.69, 9.17) is 10.3 Å². The molecule has 0 spiro atoms. The Morgan fingerprint density at radius 3 is 3.11 bits per heavy atom. The van der Waals surface area contributed by atoms with Crippen molar-refractivity contribution in [2.24, 2.45) is 5.11 Å². The first-order valence-electron chi connectivity index (χ1n) is 5.69. The Morgan fingerprint density at radius 1 is 1.68 bits per heavy atom. The molecule has 102 valence electrons. The summed E-state index contributed by atoms with van der Waals surface area (Å²) in [5.74, 6) is 0. The largest absolute Gasteiger partial charge is 0.390 e. The second kappa shape index (κ2) is 5.27. The molecule has 0 aromatic carbocycles. The monoisotopic (exact) mass is 267 g/mol. The third kappa shape index (κ3) is 2.68. The lowest BCUT2D eigenvalue weighted by Gasteiger charge is -2.14. The summed E-state index contributed by atoms with van der Waals surface area (Å²) < 4.78 is 6.68. The van der Waals surface area contributed by atoms with Gasteiger partial charge in [-0.3, -0.25) is 14.3 Å². The van der Waals surface area contributed by atoms with Crippen LogP contribution in [0.25, 0.3) is 10.4 Å². The summed E-state index contributed by atoms with van der Waals surface area (Å²) in [5, 5.41) is 13.1. The maximum Gasteiger partial charge on any atom is 0.330 e. The van der Waals surface area contributed by atoms with Gasteiger partial charge >= 0.3 is 5.69 Å². The third-order valence-electron chi connectivity index (χ3n) is 2.99. The maximum absolute atomic E-state index is 11.7. The van der Waals surface area contributed by atoms with Crippen LogP contribution in [0.2, 0.25) is 0 Å². The van der Waals surface area contributed by atoms with Gasteiger partial charge in [0, 0.05) is 23.1 Å². The van der Waals surface area contributed by atoms with Crippen LogP contribution in [0.4, 0.5) is 0 Å². The molecule has 19 heavy (non-hydrogen) atoms. The first kappa shape index (κ1) is 13.3. The number of aryl methyl sites for hydroxylation is 1. The van der Waals surface area contributed by atoms with E-state index in [1.807, 2.05) is 0 Å². The van der Waals surface area contributed by atoms with E-state index in [-0.39, 0.29) is 13.0 Å². The molecular formula is C10H13N5O4. The molecule has 3 atom stereocenters. The number of aromatic nitrogens is 2. The average molecular weight is 267 g/mol. The molecular weight excluding hydrogens is 254 g/mol. The number of nitrogens with one attached hydrogen (secondary N) is 1. The van der Waals surface area contributed by atoms with Gasteiger partial charge < -0.3 is 9.84 Å². The molecule has 1 saturated heterocycles. The molecule has 0 unspecified atom stereocenters. The van der Waals surface area contributed by atoms with Crippen molar-refractivity contribution in [1.29, 1.82) is 0 Å². The lowest BCUT2D eigenvalue weighted by Crippen LogP contribution is -2.33. The highest BCUT2D eigenvalue weighted by molar-refractivity contribution is 5.02. The van der Waals surface area contributed by atoms with E-state index in [1.165, 1.54) is 10.8 Å². The molecule has 1 aliphatic heterocycles. The number of H-pyrrole nitrogens is 1. The van der Waals surface area contributed by atoms with Gasteiger partial charge in [-0.1, -0.05) is 5.11 Å². The summed E-state index contributed by atoms with van der Waals surface area (Å²) in [7, 11) is 0. The van der Waals surface area contributed by atoms with Crippen LogP contribution in [-0.2, 0) is 4.74 Å². The van der Waals surface area contributed by atoms with Crippen molar-refractivity contribution in [2.45, 2.75) is 31.8 Å². The fourth-order valence-electron chi connectivity index (χ4n) is 1.97. The number of aliphatic hydroxyl groups excluding tert-OH is 1. The molecule has 1 aliphatic rings. The predicted molar refractivity (Wildman–Crippen MR) is 64.6 cm³/mol. The van der Waals surface area contributed by atoms with Crippen molar-refractivity contribution in [2.75, 3.05) is 6.54 Å². The molecule has 1 aromatic rings. The van der Waals surface area contributed by atoms with Gasteiger partial charge in [-0.2, -0.15) is 0 Å². The number of hydrogen-bond donors (Lipinski definition) is 2. The van der Waals surface area contributed by atoms with Crippen molar-refractivity contribution in [3.05, 3.63) is 43.0 Å². The lowest BCUT2D eigenvalue weighted by atomic mass is 10.2. The molecule has 1 fully saturated rings. The zero-order valence-electron chi connectivity index (χ0n) is 10.2. The number of rotatable bonds is 3. The van der Waals surface area contributed by atoms with Crippen LogP contribution in [0.1, 0.15) is 18.2 Å². The van der Waals surface area contributed by atoms with Crippen molar-refractivity contribution in [3.8, 4) is 0 Å². The first-order valence-corrected chi connectivity index (χ1v) is 5.69. The highest BCUT2D eigenvalue weighted by atomic mass is 16.5. The topological polar surface area (TPSA) is 133 Å². The van der Waals surface area contributed by atoms with E-state index < -0.39 is 29.7 Å². The van der Waals surface area contributed by atoms with Gasteiger partial charge in [-0.25, -0.2) is 4.79 Å².